The van der Waals surface area contributed by atoms with E-state index in [2.05, 4.69) is 0 Å². The molecule has 0 amide bonds. The summed E-state index contributed by atoms with van der Waals surface area (Å²) in [6, 6.07) is 6.97. The number of Topliss-reactive ketones (excluding diaryl/α,β-unsaturated/α-hetero) is 1. The van der Waals surface area contributed by atoms with E-state index in [1.165, 1.54) is 6.92 Å². The zero-order valence-corrected chi connectivity index (χ0v) is 11.7. The van der Waals surface area contributed by atoms with E-state index in [1.807, 2.05) is 0 Å². The number of carbonyl (C=O) groups excluding carboxylic acids is 1. The molecular weight excluding hydrogens is 228 g/mol. The molecule has 0 fully saturated rings. The van der Waals surface area contributed by atoms with E-state index in [0.29, 0.717) is 5.56 Å². The second kappa shape index (κ2) is 4.82. The fourth-order valence-electron chi connectivity index (χ4n) is 1.89. The largest absolute Gasteiger partial charge is 0.365 e. The van der Waals surface area contributed by atoms with Crippen molar-refractivity contribution < 1.29 is 15.0 Å². The molecule has 3 heteroatoms. The van der Waals surface area contributed by atoms with Gasteiger partial charge in [-0.1, -0.05) is 52.0 Å². The van der Waals surface area contributed by atoms with Crippen molar-refractivity contribution in [3.63, 3.8) is 0 Å². The molecule has 1 unspecified atom stereocenters. The second-order valence-electron chi connectivity index (χ2n) is 5.88. The molecular formula is C15H22O3. The van der Waals surface area contributed by atoms with Crippen molar-refractivity contribution in [1.82, 2.24) is 0 Å². The van der Waals surface area contributed by atoms with Gasteiger partial charge in [0.2, 0.25) is 0 Å². The predicted molar refractivity (Wildman–Crippen MR) is 71.5 cm³/mol. The molecule has 0 saturated heterocycles. The highest BCUT2D eigenvalue weighted by Crippen LogP contribution is 2.39. The molecule has 3 nitrogen and oxygen atoms in total. The number of ketones is 1. The number of hydrogen-bond acceptors (Lipinski definition) is 3. The van der Waals surface area contributed by atoms with Crippen molar-refractivity contribution in [2.75, 3.05) is 0 Å². The number of benzene rings is 1. The van der Waals surface area contributed by atoms with E-state index < -0.39 is 17.1 Å². The predicted octanol–water partition coefficient (Wildman–Crippen LogP) is 2.72. The van der Waals surface area contributed by atoms with Gasteiger partial charge in [-0.3, -0.25) is 4.79 Å². The molecule has 1 aromatic rings. The molecule has 0 aliphatic rings. The number of carbonyl (C=O) groups is 1. The van der Waals surface area contributed by atoms with E-state index in [0.717, 1.165) is 5.56 Å². The van der Waals surface area contributed by atoms with Crippen LogP contribution in [0.15, 0.2) is 24.3 Å². The summed E-state index contributed by atoms with van der Waals surface area (Å²) in [6.07, 6.45) is 0. The maximum atomic E-state index is 11.2. The lowest BCUT2D eigenvalue weighted by Crippen LogP contribution is -2.47. The standard InChI is InChI=1S/C15H22O3/c1-10(15(17,18)14(3,4)5)12-6-8-13(9-7-12)11(2)16/h6-10,17-18H,1-5H3. The van der Waals surface area contributed by atoms with Crippen LogP contribution in [-0.4, -0.2) is 21.8 Å². The smallest absolute Gasteiger partial charge is 0.174 e. The number of aliphatic hydroxyl groups is 2. The van der Waals surface area contributed by atoms with Crippen LogP contribution in [0, 0.1) is 5.41 Å². The highest BCUT2D eigenvalue weighted by molar-refractivity contribution is 5.94. The Morgan fingerprint density at radius 1 is 1.11 bits per heavy atom. The summed E-state index contributed by atoms with van der Waals surface area (Å²) in [5.41, 5.74) is 0.786. The molecule has 0 aliphatic carbocycles. The maximum Gasteiger partial charge on any atom is 0.174 e. The minimum Gasteiger partial charge on any atom is -0.365 e. The summed E-state index contributed by atoms with van der Waals surface area (Å²) < 4.78 is 0. The van der Waals surface area contributed by atoms with Gasteiger partial charge in [0, 0.05) is 16.9 Å². The Labute approximate surface area is 108 Å². The van der Waals surface area contributed by atoms with E-state index in [9.17, 15) is 15.0 Å². The molecule has 100 valence electrons. The summed E-state index contributed by atoms with van der Waals surface area (Å²) in [6.45, 7) is 8.64. The monoisotopic (exact) mass is 250 g/mol. The van der Waals surface area contributed by atoms with Crippen LogP contribution in [0.1, 0.15) is 56.5 Å². The molecule has 2 N–H and O–H groups in total. The van der Waals surface area contributed by atoms with E-state index in [1.54, 1.807) is 52.0 Å². The van der Waals surface area contributed by atoms with Gasteiger partial charge >= 0.3 is 0 Å². The summed E-state index contributed by atoms with van der Waals surface area (Å²) in [5, 5.41) is 20.5. The third kappa shape index (κ3) is 2.79. The average Bonchev–Trinajstić information content (AvgIpc) is 2.26. The zero-order valence-electron chi connectivity index (χ0n) is 11.7. The first-order valence-corrected chi connectivity index (χ1v) is 6.13. The van der Waals surface area contributed by atoms with E-state index in [-0.39, 0.29) is 5.78 Å². The second-order valence-corrected chi connectivity index (χ2v) is 5.88. The van der Waals surface area contributed by atoms with E-state index in [4.69, 9.17) is 0 Å². The molecule has 1 atom stereocenters. The third-order valence-corrected chi connectivity index (χ3v) is 3.52. The van der Waals surface area contributed by atoms with Crippen LogP contribution in [-0.2, 0) is 0 Å². The van der Waals surface area contributed by atoms with Crippen molar-refractivity contribution in [2.45, 2.75) is 46.3 Å². The Balaban J connectivity index is 3.04. The van der Waals surface area contributed by atoms with Gasteiger partial charge < -0.3 is 10.2 Å². The van der Waals surface area contributed by atoms with Crippen LogP contribution in [0.3, 0.4) is 0 Å². The topological polar surface area (TPSA) is 57.5 Å². The van der Waals surface area contributed by atoms with Gasteiger partial charge in [-0.25, -0.2) is 0 Å². The van der Waals surface area contributed by atoms with Gasteiger partial charge in [0.05, 0.1) is 0 Å². The first-order valence-electron chi connectivity index (χ1n) is 6.13. The van der Waals surface area contributed by atoms with Crippen LogP contribution in [0.4, 0.5) is 0 Å². The van der Waals surface area contributed by atoms with Crippen molar-refractivity contribution in [3.05, 3.63) is 35.4 Å². The summed E-state index contributed by atoms with van der Waals surface area (Å²) in [5.74, 6) is -2.23. The van der Waals surface area contributed by atoms with Gasteiger partial charge in [0.1, 0.15) is 0 Å². The van der Waals surface area contributed by atoms with Crippen molar-refractivity contribution in [1.29, 1.82) is 0 Å². The Hall–Kier alpha value is -1.19. The Morgan fingerprint density at radius 3 is 1.89 bits per heavy atom. The molecule has 0 heterocycles. The van der Waals surface area contributed by atoms with Gasteiger partial charge in [0.15, 0.2) is 11.6 Å². The van der Waals surface area contributed by atoms with Crippen LogP contribution in [0.2, 0.25) is 0 Å². The van der Waals surface area contributed by atoms with Gasteiger partial charge in [-0.2, -0.15) is 0 Å². The van der Waals surface area contributed by atoms with Gasteiger partial charge in [-0.15, -0.1) is 0 Å². The molecule has 1 aromatic carbocycles. The summed E-state index contributed by atoms with van der Waals surface area (Å²) >= 11 is 0. The van der Waals surface area contributed by atoms with E-state index >= 15 is 0 Å². The number of rotatable bonds is 3. The molecule has 0 bridgehead atoms. The quantitative estimate of drug-likeness (QED) is 0.640. The SMILES string of the molecule is CC(=O)c1ccc(C(C)C(O)(O)C(C)(C)C)cc1. The third-order valence-electron chi connectivity index (χ3n) is 3.52. The molecule has 0 radical (unpaired) electrons. The van der Waals surface area contributed by atoms with Crippen LogP contribution >= 0.6 is 0 Å². The zero-order chi connectivity index (χ0) is 14.1. The van der Waals surface area contributed by atoms with Crippen LogP contribution in [0.25, 0.3) is 0 Å². The first-order chi connectivity index (χ1) is 8.07. The fourth-order valence-corrected chi connectivity index (χ4v) is 1.89. The molecule has 18 heavy (non-hydrogen) atoms. The van der Waals surface area contributed by atoms with Crippen LogP contribution < -0.4 is 0 Å². The molecule has 0 aliphatic heterocycles. The minimum atomic E-state index is -1.80. The van der Waals surface area contributed by atoms with Crippen molar-refractivity contribution in [3.8, 4) is 0 Å². The number of hydrogen-bond donors (Lipinski definition) is 2. The van der Waals surface area contributed by atoms with Crippen molar-refractivity contribution in [2.24, 2.45) is 5.41 Å². The van der Waals surface area contributed by atoms with Crippen LogP contribution in [0.5, 0.6) is 0 Å². The van der Waals surface area contributed by atoms with Crippen molar-refractivity contribution >= 4 is 5.78 Å². The lowest BCUT2D eigenvalue weighted by molar-refractivity contribution is -0.240. The molecule has 0 aromatic heterocycles. The molecule has 1 rings (SSSR count). The minimum absolute atomic E-state index is 0.00397. The lowest BCUT2D eigenvalue weighted by atomic mass is 9.75. The highest BCUT2D eigenvalue weighted by atomic mass is 16.5. The highest BCUT2D eigenvalue weighted by Gasteiger charge is 2.43. The van der Waals surface area contributed by atoms with Gasteiger partial charge in [0.25, 0.3) is 0 Å². The normalized spacial score (nSPS) is 14.4. The van der Waals surface area contributed by atoms with Gasteiger partial charge in [-0.05, 0) is 12.5 Å². The Morgan fingerprint density at radius 2 is 1.56 bits per heavy atom. The summed E-state index contributed by atoms with van der Waals surface area (Å²) in [7, 11) is 0. The maximum absolute atomic E-state index is 11.2. The Kier molecular flexibility index (Phi) is 3.99. The molecule has 0 spiro atoms. The lowest BCUT2D eigenvalue weighted by Gasteiger charge is -2.40. The molecule has 0 saturated carbocycles. The Bertz CT molecular complexity index is 424. The summed E-state index contributed by atoms with van der Waals surface area (Å²) in [4.78, 5) is 11.2. The first kappa shape index (κ1) is 14.9. The average molecular weight is 250 g/mol. The fraction of sp³-hybridized carbons (Fsp3) is 0.533.